The smallest absolute Gasteiger partial charge is 0.198 e. The van der Waals surface area contributed by atoms with E-state index in [-0.39, 0.29) is 5.78 Å². The molecule has 0 amide bonds. The van der Waals surface area contributed by atoms with Crippen molar-refractivity contribution in [1.82, 2.24) is 4.98 Å². The molecule has 0 bridgehead atoms. The van der Waals surface area contributed by atoms with Crippen LogP contribution in [0, 0.1) is 0 Å². The third kappa shape index (κ3) is 1.86. The molecule has 3 rings (SSSR count). The second-order valence-electron chi connectivity index (χ2n) is 4.84. The van der Waals surface area contributed by atoms with Crippen molar-refractivity contribution < 1.29 is 9.21 Å². The van der Waals surface area contributed by atoms with Crippen LogP contribution in [0.1, 0.15) is 41.1 Å². The van der Waals surface area contributed by atoms with Gasteiger partial charge in [-0.2, -0.15) is 0 Å². The summed E-state index contributed by atoms with van der Waals surface area (Å²) >= 11 is 0. The van der Waals surface area contributed by atoms with Gasteiger partial charge in [0.15, 0.2) is 5.78 Å². The van der Waals surface area contributed by atoms with E-state index in [0.717, 1.165) is 29.5 Å². The van der Waals surface area contributed by atoms with Crippen LogP contribution in [-0.2, 0) is 12.8 Å². The Morgan fingerprint density at radius 2 is 2.00 bits per heavy atom. The van der Waals surface area contributed by atoms with Gasteiger partial charge in [0.25, 0.3) is 0 Å². The van der Waals surface area contributed by atoms with E-state index in [1.54, 1.807) is 18.5 Å². The summed E-state index contributed by atoms with van der Waals surface area (Å²) in [4.78, 5) is 15.9. The van der Waals surface area contributed by atoms with Gasteiger partial charge in [0, 0.05) is 29.1 Å². The number of aromatic nitrogens is 1. The normalized spacial score (nSPS) is 11.1. The molecule has 3 nitrogen and oxygen atoms in total. The van der Waals surface area contributed by atoms with E-state index in [1.165, 1.54) is 5.56 Å². The predicted octanol–water partition coefficient (Wildman–Crippen LogP) is 4.12. The molecule has 3 aromatic rings. The van der Waals surface area contributed by atoms with Crippen LogP contribution < -0.4 is 0 Å². The lowest BCUT2D eigenvalue weighted by atomic mass is 10.0. The number of para-hydroxylation sites is 1. The molecule has 1 aromatic carbocycles. The van der Waals surface area contributed by atoms with Gasteiger partial charge in [-0.3, -0.25) is 4.79 Å². The van der Waals surface area contributed by atoms with Crippen LogP contribution >= 0.6 is 0 Å². The fourth-order valence-electron chi connectivity index (χ4n) is 2.66. The number of hydrogen-bond donors (Lipinski definition) is 1. The van der Waals surface area contributed by atoms with Crippen molar-refractivity contribution in [2.24, 2.45) is 0 Å². The van der Waals surface area contributed by atoms with E-state index in [2.05, 4.69) is 18.0 Å². The summed E-state index contributed by atoms with van der Waals surface area (Å²) in [5.41, 5.74) is 3.66. The summed E-state index contributed by atoms with van der Waals surface area (Å²) in [5.74, 6) is 0.770. The number of aryl methyl sites for hydroxylation is 2. The zero-order valence-electron chi connectivity index (χ0n) is 11.7. The van der Waals surface area contributed by atoms with Crippen molar-refractivity contribution in [1.29, 1.82) is 0 Å². The minimum atomic E-state index is 0.0232. The van der Waals surface area contributed by atoms with Crippen LogP contribution in [0.3, 0.4) is 0 Å². The summed E-state index contributed by atoms with van der Waals surface area (Å²) in [5, 5.41) is 0.984. The summed E-state index contributed by atoms with van der Waals surface area (Å²) in [7, 11) is 0. The van der Waals surface area contributed by atoms with Crippen molar-refractivity contribution in [3.63, 3.8) is 0 Å². The first kappa shape index (κ1) is 12.7. The molecule has 2 aromatic heterocycles. The van der Waals surface area contributed by atoms with Crippen LogP contribution in [0.4, 0.5) is 0 Å². The first-order valence-electron chi connectivity index (χ1n) is 6.96. The zero-order chi connectivity index (χ0) is 14.1. The Bertz CT molecular complexity index is 764. The van der Waals surface area contributed by atoms with Gasteiger partial charge in [0.2, 0.25) is 0 Å². The molecule has 0 aliphatic heterocycles. The minimum absolute atomic E-state index is 0.0232. The number of hydrogen-bond acceptors (Lipinski definition) is 2. The maximum Gasteiger partial charge on any atom is 0.198 e. The highest BCUT2D eigenvalue weighted by Gasteiger charge is 2.19. The number of carbonyl (C=O) groups is 1. The van der Waals surface area contributed by atoms with Crippen LogP contribution in [0.15, 0.2) is 41.1 Å². The molecule has 20 heavy (non-hydrogen) atoms. The Morgan fingerprint density at radius 1 is 1.15 bits per heavy atom. The van der Waals surface area contributed by atoms with Crippen molar-refractivity contribution >= 4 is 16.7 Å². The monoisotopic (exact) mass is 267 g/mol. The SMILES string of the molecule is CCc1occc1C(=O)c1c[nH]c2c(CC)cccc12. The van der Waals surface area contributed by atoms with Crippen LogP contribution in [0.25, 0.3) is 10.9 Å². The van der Waals surface area contributed by atoms with Crippen molar-refractivity contribution in [2.75, 3.05) is 0 Å². The number of furan rings is 1. The van der Waals surface area contributed by atoms with Gasteiger partial charge in [0.05, 0.1) is 11.8 Å². The molecule has 102 valence electrons. The first-order valence-corrected chi connectivity index (χ1v) is 6.96. The van der Waals surface area contributed by atoms with E-state index in [9.17, 15) is 4.79 Å². The molecule has 0 aliphatic carbocycles. The summed E-state index contributed by atoms with van der Waals surface area (Å²) in [6, 6.07) is 7.83. The number of aromatic amines is 1. The zero-order valence-corrected chi connectivity index (χ0v) is 11.7. The molecule has 0 saturated heterocycles. The Kier molecular flexibility index (Phi) is 3.18. The van der Waals surface area contributed by atoms with Gasteiger partial charge in [-0.1, -0.05) is 32.0 Å². The van der Waals surface area contributed by atoms with Crippen molar-refractivity contribution in [2.45, 2.75) is 26.7 Å². The van der Waals surface area contributed by atoms with Crippen molar-refractivity contribution in [3.8, 4) is 0 Å². The Hall–Kier alpha value is -2.29. The number of nitrogens with one attached hydrogen (secondary N) is 1. The summed E-state index contributed by atoms with van der Waals surface area (Å²) in [6.45, 7) is 4.10. The van der Waals surface area contributed by atoms with Gasteiger partial charge in [-0.05, 0) is 18.1 Å². The Morgan fingerprint density at radius 3 is 2.75 bits per heavy atom. The lowest BCUT2D eigenvalue weighted by molar-refractivity contribution is 0.103. The molecule has 0 saturated carbocycles. The molecule has 2 heterocycles. The predicted molar refractivity (Wildman–Crippen MR) is 79.2 cm³/mol. The molecule has 3 heteroatoms. The highest BCUT2D eigenvalue weighted by Crippen LogP contribution is 2.25. The second kappa shape index (κ2) is 5.00. The summed E-state index contributed by atoms with van der Waals surface area (Å²) in [6.07, 6.45) is 5.05. The highest BCUT2D eigenvalue weighted by molar-refractivity contribution is 6.17. The number of ketones is 1. The van der Waals surface area contributed by atoms with Gasteiger partial charge in [-0.25, -0.2) is 0 Å². The average molecular weight is 267 g/mol. The fourth-order valence-corrected chi connectivity index (χ4v) is 2.66. The molecule has 0 atom stereocenters. The maximum absolute atomic E-state index is 12.7. The number of rotatable bonds is 4. The van der Waals surface area contributed by atoms with E-state index >= 15 is 0 Å². The molecule has 0 radical (unpaired) electrons. The van der Waals surface area contributed by atoms with Crippen LogP contribution in [0.2, 0.25) is 0 Å². The quantitative estimate of drug-likeness (QED) is 0.723. The minimum Gasteiger partial charge on any atom is -0.469 e. The van der Waals surface area contributed by atoms with Gasteiger partial charge >= 0.3 is 0 Å². The molecule has 0 fully saturated rings. The topological polar surface area (TPSA) is 46.0 Å². The lowest BCUT2D eigenvalue weighted by Gasteiger charge is -2.01. The Labute approximate surface area is 117 Å². The highest BCUT2D eigenvalue weighted by atomic mass is 16.3. The molecule has 0 aliphatic rings. The van der Waals surface area contributed by atoms with Crippen LogP contribution in [-0.4, -0.2) is 10.8 Å². The molecular formula is C17H17NO2. The number of carbonyl (C=O) groups excluding carboxylic acids is 1. The maximum atomic E-state index is 12.7. The van der Waals surface area contributed by atoms with Crippen molar-refractivity contribution in [3.05, 3.63) is 59.2 Å². The van der Waals surface area contributed by atoms with E-state index in [0.29, 0.717) is 11.1 Å². The number of benzene rings is 1. The van der Waals surface area contributed by atoms with Gasteiger partial charge in [-0.15, -0.1) is 0 Å². The van der Waals surface area contributed by atoms with Crippen LogP contribution in [0.5, 0.6) is 0 Å². The molecule has 0 spiro atoms. The largest absolute Gasteiger partial charge is 0.469 e. The van der Waals surface area contributed by atoms with Gasteiger partial charge in [0.1, 0.15) is 5.76 Å². The van der Waals surface area contributed by atoms with E-state index < -0.39 is 0 Å². The average Bonchev–Trinajstić information content (AvgIpc) is 3.12. The third-order valence-electron chi connectivity index (χ3n) is 3.74. The second-order valence-corrected chi connectivity index (χ2v) is 4.84. The molecule has 0 unspecified atom stereocenters. The fraction of sp³-hybridized carbons (Fsp3) is 0.235. The first-order chi connectivity index (χ1) is 9.76. The van der Waals surface area contributed by atoms with Gasteiger partial charge < -0.3 is 9.40 Å². The lowest BCUT2D eigenvalue weighted by Crippen LogP contribution is -2.01. The molecule has 1 N–H and O–H groups in total. The standard InChI is InChI=1S/C17H17NO2/c1-3-11-6-5-7-12-14(10-18-16(11)12)17(19)13-8-9-20-15(13)4-2/h5-10,18H,3-4H2,1-2H3. The molecular weight excluding hydrogens is 250 g/mol. The Balaban J connectivity index is 2.13. The summed E-state index contributed by atoms with van der Waals surface area (Å²) < 4.78 is 5.36. The number of H-pyrrole nitrogens is 1. The number of fused-ring (bicyclic) bond motifs is 1. The van der Waals surface area contributed by atoms with E-state index in [4.69, 9.17) is 4.42 Å². The van der Waals surface area contributed by atoms with E-state index in [1.807, 2.05) is 19.1 Å². The third-order valence-corrected chi connectivity index (χ3v) is 3.74.